The summed E-state index contributed by atoms with van der Waals surface area (Å²) < 4.78 is 1.49. The number of nitrogens with two attached hydrogens (primary N) is 1. The van der Waals surface area contributed by atoms with Gasteiger partial charge in [0.05, 0.1) is 24.5 Å². The lowest BCUT2D eigenvalue weighted by Crippen LogP contribution is -2.48. The van der Waals surface area contributed by atoms with Gasteiger partial charge in [-0.2, -0.15) is 5.10 Å². The number of anilines is 1. The third kappa shape index (κ3) is 6.33. The molecule has 0 aromatic carbocycles. The predicted octanol–water partition coefficient (Wildman–Crippen LogP) is -1.30. The van der Waals surface area contributed by atoms with Crippen molar-refractivity contribution in [2.24, 2.45) is 11.7 Å². The summed E-state index contributed by atoms with van der Waals surface area (Å²) in [6.07, 6.45) is 3.06. The smallest absolute Gasteiger partial charge is 0.244 e. The zero-order valence-electron chi connectivity index (χ0n) is 16.1. The van der Waals surface area contributed by atoms with Gasteiger partial charge < -0.3 is 26.2 Å². The Morgan fingerprint density at radius 3 is 2.52 bits per heavy atom. The van der Waals surface area contributed by atoms with Crippen molar-refractivity contribution in [2.45, 2.75) is 26.4 Å². The van der Waals surface area contributed by atoms with Crippen molar-refractivity contribution in [3.05, 3.63) is 12.4 Å². The molecular formula is C17H29N7O3. The Morgan fingerprint density at radius 1 is 1.22 bits per heavy atom. The number of nitrogens with one attached hydrogen (secondary N) is 2. The van der Waals surface area contributed by atoms with E-state index in [0.29, 0.717) is 18.8 Å². The molecule has 0 spiro atoms. The number of nitrogens with zero attached hydrogens (tertiary/aromatic N) is 4. The summed E-state index contributed by atoms with van der Waals surface area (Å²) in [6.45, 7) is 6.75. The first-order chi connectivity index (χ1) is 12.8. The first kappa shape index (κ1) is 20.8. The van der Waals surface area contributed by atoms with Gasteiger partial charge in [0.15, 0.2) is 0 Å². The second kappa shape index (κ2) is 9.47. The van der Waals surface area contributed by atoms with Gasteiger partial charge in [-0.25, -0.2) is 0 Å². The first-order valence-corrected chi connectivity index (χ1v) is 9.08. The number of hydrogen-bond acceptors (Lipinski definition) is 6. The minimum atomic E-state index is -0.652. The molecule has 1 atom stereocenters. The molecule has 0 unspecified atom stereocenters. The first-order valence-electron chi connectivity index (χ1n) is 9.08. The van der Waals surface area contributed by atoms with Crippen LogP contribution in [0.5, 0.6) is 0 Å². The van der Waals surface area contributed by atoms with Crippen LogP contribution in [0.2, 0.25) is 0 Å². The van der Waals surface area contributed by atoms with Gasteiger partial charge in [0.25, 0.3) is 0 Å². The number of piperazine rings is 1. The number of carbonyl (C=O) groups excluding carboxylic acids is 3. The fourth-order valence-corrected chi connectivity index (χ4v) is 2.60. The molecule has 0 radical (unpaired) electrons. The van der Waals surface area contributed by atoms with Crippen LogP contribution >= 0.6 is 0 Å². The lowest BCUT2D eigenvalue weighted by Gasteiger charge is -2.32. The monoisotopic (exact) mass is 379 g/mol. The van der Waals surface area contributed by atoms with Crippen LogP contribution < -0.4 is 16.4 Å². The Labute approximate surface area is 159 Å². The van der Waals surface area contributed by atoms with Crippen molar-refractivity contribution in [1.82, 2.24) is 24.9 Å². The van der Waals surface area contributed by atoms with Crippen molar-refractivity contribution in [2.75, 3.05) is 45.1 Å². The number of carbonyl (C=O) groups is 3. The topological polar surface area (TPSA) is 126 Å². The van der Waals surface area contributed by atoms with Crippen LogP contribution in [0.1, 0.15) is 13.8 Å². The average molecular weight is 379 g/mol. The Morgan fingerprint density at radius 2 is 1.89 bits per heavy atom. The van der Waals surface area contributed by atoms with Crippen molar-refractivity contribution >= 4 is 23.4 Å². The maximum atomic E-state index is 12.3. The van der Waals surface area contributed by atoms with Crippen molar-refractivity contribution in [3.8, 4) is 0 Å². The lowest BCUT2D eigenvalue weighted by molar-refractivity contribution is -0.133. The number of likely N-dealkylation sites (N-methyl/N-ethyl adjacent to an activating group) is 1. The quantitative estimate of drug-likeness (QED) is 0.540. The molecule has 0 bridgehead atoms. The summed E-state index contributed by atoms with van der Waals surface area (Å²) in [6, 6.07) is -0.652. The van der Waals surface area contributed by atoms with Crippen LogP contribution in [-0.2, 0) is 20.9 Å². The summed E-state index contributed by atoms with van der Waals surface area (Å²) in [5, 5.41) is 9.24. The Bertz CT molecular complexity index is 665. The van der Waals surface area contributed by atoms with Crippen LogP contribution in [0.15, 0.2) is 12.4 Å². The van der Waals surface area contributed by atoms with Gasteiger partial charge in [-0.1, -0.05) is 13.8 Å². The van der Waals surface area contributed by atoms with Crippen molar-refractivity contribution in [3.63, 3.8) is 0 Å². The van der Waals surface area contributed by atoms with Gasteiger partial charge in [0.2, 0.25) is 17.7 Å². The van der Waals surface area contributed by atoms with E-state index in [0.717, 1.165) is 13.1 Å². The van der Waals surface area contributed by atoms with E-state index < -0.39 is 6.04 Å². The SMILES string of the molecule is CC(C)[C@H](N)C(=O)NCC(=O)Nc1cnn(CC(=O)N2CCN(C)CC2)c1. The van der Waals surface area contributed by atoms with E-state index >= 15 is 0 Å². The molecule has 1 aliphatic rings. The van der Waals surface area contributed by atoms with Gasteiger partial charge in [0, 0.05) is 32.4 Å². The molecule has 2 heterocycles. The molecule has 1 fully saturated rings. The highest BCUT2D eigenvalue weighted by molar-refractivity contribution is 5.95. The number of aromatic nitrogens is 2. The second-order valence-electron chi connectivity index (χ2n) is 7.15. The molecule has 10 nitrogen and oxygen atoms in total. The zero-order valence-corrected chi connectivity index (χ0v) is 16.1. The zero-order chi connectivity index (χ0) is 20.0. The van der Waals surface area contributed by atoms with Crippen LogP contribution in [0.25, 0.3) is 0 Å². The molecule has 0 aliphatic carbocycles. The summed E-state index contributed by atoms with van der Waals surface area (Å²) >= 11 is 0. The van der Waals surface area contributed by atoms with Gasteiger partial charge in [-0.05, 0) is 13.0 Å². The highest BCUT2D eigenvalue weighted by atomic mass is 16.2. The van der Waals surface area contributed by atoms with E-state index in [9.17, 15) is 14.4 Å². The lowest BCUT2D eigenvalue weighted by atomic mass is 10.1. The highest BCUT2D eigenvalue weighted by Crippen LogP contribution is 2.06. The van der Waals surface area contributed by atoms with E-state index in [1.165, 1.54) is 10.9 Å². The summed E-state index contributed by atoms with van der Waals surface area (Å²) in [7, 11) is 2.03. The summed E-state index contributed by atoms with van der Waals surface area (Å²) in [4.78, 5) is 40.0. The van der Waals surface area contributed by atoms with Gasteiger partial charge in [-0.3, -0.25) is 19.1 Å². The molecule has 0 saturated carbocycles. The minimum Gasteiger partial charge on any atom is -0.346 e. The molecule has 1 saturated heterocycles. The normalized spacial score (nSPS) is 16.3. The van der Waals surface area contributed by atoms with Gasteiger partial charge in [-0.15, -0.1) is 0 Å². The maximum Gasteiger partial charge on any atom is 0.244 e. The van der Waals surface area contributed by atoms with E-state index in [2.05, 4.69) is 20.6 Å². The molecule has 150 valence electrons. The molecule has 1 aromatic heterocycles. The Hall–Kier alpha value is -2.46. The minimum absolute atomic E-state index is 0.000914. The van der Waals surface area contributed by atoms with Crippen LogP contribution in [0.4, 0.5) is 5.69 Å². The highest BCUT2D eigenvalue weighted by Gasteiger charge is 2.20. The number of amides is 3. The molecule has 2 rings (SSSR count). The van der Waals surface area contributed by atoms with Crippen LogP contribution in [0.3, 0.4) is 0 Å². The van der Waals surface area contributed by atoms with Crippen molar-refractivity contribution < 1.29 is 14.4 Å². The van der Waals surface area contributed by atoms with E-state index in [1.807, 2.05) is 25.8 Å². The molecular weight excluding hydrogens is 350 g/mol. The molecule has 27 heavy (non-hydrogen) atoms. The fourth-order valence-electron chi connectivity index (χ4n) is 2.60. The maximum absolute atomic E-state index is 12.3. The third-order valence-corrected chi connectivity index (χ3v) is 4.51. The average Bonchev–Trinajstić information content (AvgIpc) is 3.06. The van der Waals surface area contributed by atoms with E-state index in [4.69, 9.17) is 5.73 Å². The molecule has 3 amide bonds. The molecule has 10 heteroatoms. The molecule has 1 aliphatic heterocycles. The third-order valence-electron chi connectivity index (χ3n) is 4.51. The number of hydrogen-bond donors (Lipinski definition) is 3. The fraction of sp³-hybridized carbons (Fsp3) is 0.647. The van der Waals surface area contributed by atoms with Crippen molar-refractivity contribution in [1.29, 1.82) is 0 Å². The van der Waals surface area contributed by atoms with Crippen LogP contribution in [0, 0.1) is 5.92 Å². The Kier molecular flexibility index (Phi) is 7.31. The van der Waals surface area contributed by atoms with Gasteiger partial charge in [0.1, 0.15) is 6.54 Å². The predicted molar refractivity (Wildman–Crippen MR) is 101 cm³/mol. The van der Waals surface area contributed by atoms with E-state index in [-0.39, 0.29) is 36.7 Å². The Balaban J connectivity index is 1.77. The van der Waals surface area contributed by atoms with Crippen LogP contribution in [-0.4, -0.2) is 83.1 Å². The number of rotatable bonds is 7. The standard InChI is InChI=1S/C17H29N7O3/c1-12(2)16(18)17(27)19-9-14(25)21-13-8-20-24(10-13)11-15(26)23-6-4-22(3)5-7-23/h8,10,12,16H,4-7,9,11,18H2,1-3H3,(H,19,27)(H,21,25)/t16-/m0/s1. The van der Waals surface area contributed by atoms with Gasteiger partial charge >= 0.3 is 0 Å². The summed E-state index contributed by atoms with van der Waals surface area (Å²) in [5.41, 5.74) is 6.19. The molecule has 4 N–H and O–H groups in total. The van der Waals surface area contributed by atoms with E-state index in [1.54, 1.807) is 6.20 Å². The molecule has 1 aromatic rings. The largest absolute Gasteiger partial charge is 0.346 e. The summed E-state index contributed by atoms with van der Waals surface area (Å²) in [5.74, 6) is -0.763. The second-order valence-corrected chi connectivity index (χ2v) is 7.15.